The van der Waals surface area contributed by atoms with E-state index in [9.17, 15) is 13.2 Å². The van der Waals surface area contributed by atoms with Crippen LogP contribution in [0.3, 0.4) is 0 Å². The van der Waals surface area contributed by atoms with Crippen LogP contribution < -0.4 is 4.72 Å². The van der Waals surface area contributed by atoms with Crippen LogP contribution in [0.25, 0.3) is 0 Å². The van der Waals surface area contributed by atoms with Gasteiger partial charge in [0.25, 0.3) is 0 Å². The average molecular weight is 307 g/mol. The minimum absolute atomic E-state index is 0.0324. The zero-order chi connectivity index (χ0) is 14.8. The van der Waals surface area contributed by atoms with Crippen LogP contribution in [-0.4, -0.2) is 37.7 Å². The predicted octanol–water partition coefficient (Wildman–Crippen LogP) is 1.21. The monoisotopic (exact) mass is 307 g/mol. The number of hydrogen-bond donors (Lipinski definition) is 1. The third kappa shape index (κ3) is 1.82. The van der Waals surface area contributed by atoms with Crippen LogP contribution in [0, 0.1) is 0 Å². The molecule has 5 nitrogen and oxygen atoms in total. The zero-order valence-electron chi connectivity index (χ0n) is 11.7. The lowest BCUT2D eigenvalue weighted by Crippen LogP contribution is -2.39. The van der Waals surface area contributed by atoms with Crippen LogP contribution in [0.2, 0.25) is 0 Å². The highest BCUT2D eigenvalue weighted by Crippen LogP contribution is 2.55. The van der Waals surface area contributed by atoms with E-state index in [2.05, 4.69) is 4.72 Å². The second-order valence-corrected chi connectivity index (χ2v) is 8.25. The molecular formula is C15H17NO4S. The Kier molecular flexibility index (Phi) is 2.65. The van der Waals surface area contributed by atoms with Crippen LogP contribution in [0.5, 0.6) is 0 Å². The molecule has 21 heavy (non-hydrogen) atoms. The summed E-state index contributed by atoms with van der Waals surface area (Å²) in [6, 6.07) is 7.60. The molecule has 0 aromatic heterocycles. The number of ketones is 1. The Labute approximate surface area is 123 Å². The topological polar surface area (TPSA) is 72.5 Å². The van der Waals surface area contributed by atoms with Crippen LogP contribution >= 0.6 is 0 Å². The van der Waals surface area contributed by atoms with Crippen molar-refractivity contribution in [1.82, 2.24) is 4.72 Å². The highest BCUT2D eigenvalue weighted by molar-refractivity contribution is 7.90. The number of rotatable bonds is 2. The van der Waals surface area contributed by atoms with Gasteiger partial charge in [0, 0.05) is 18.0 Å². The van der Waals surface area contributed by atoms with Crippen molar-refractivity contribution in [3.8, 4) is 0 Å². The smallest absolute Gasteiger partial charge is 0.217 e. The predicted molar refractivity (Wildman–Crippen MR) is 76.7 cm³/mol. The van der Waals surface area contributed by atoms with Gasteiger partial charge in [0.05, 0.1) is 6.10 Å². The number of nitrogens with one attached hydrogen (secondary N) is 1. The summed E-state index contributed by atoms with van der Waals surface area (Å²) in [6.07, 6.45) is 1.26. The molecule has 0 aliphatic carbocycles. The second kappa shape index (κ2) is 4.15. The fourth-order valence-electron chi connectivity index (χ4n) is 4.04. The van der Waals surface area contributed by atoms with Gasteiger partial charge in [-0.15, -0.1) is 0 Å². The van der Waals surface area contributed by atoms with Crippen molar-refractivity contribution in [3.05, 3.63) is 35.4 Å². The van der Waals surface area contributed by atoms with Gasteiger partial charge in [-0.1, -0.05) is 24.3 Å². The van der Waals surface area contributed by atoms with E-state index >= 15 is 0 Å². The Hall–Kier alpha value is -1.24. The lowest BCUT2D eigenvalue weighted by molar-refractivity contribution is 0.0234. The van der Waals surface area contributed by atoms with Gasteiger partial charge >= 0.3 is 0 Å². The van der Waals surface area contributed by atoms with Gasteiger partial charge in [0.2, 0.25) is 10.0 Å². The van der Waals surface area contributed by atoms with Crippen molar-refractivity contribution >= 4 is 15.8 Å². The van der Waals surface area contributed by atoms with Gasteiger partial charge in [0.1, 0.15) is 10.9 Å². The first-order valence-corrected chi connectivity index (χ1v) is 8.73. The minimum Gasteiger partial charge on any atom is -0.368 e. The number of Topliss-reactive ketones (excluding diaryl/α,β-unsaturated/α-hetero) is 1. The molecule has 1 N–H and O–H groups in total. The molecule has 2 bridgehead atoms. The molecule has 0 unspecified atom stereocenters. The summed E-state index contributed by atoms with van der Waals surface area (Å²) in [5.41, 5.74) is 1.28. The molecule has 3 fully saturated rings. The molecule has 0 radical (unpaired) electrons. The van der Waals surface area contributed by atoms with Crippen molar-refractivity contribution in [1.29, 1.82) is 0 Å². The molecule has 1 aromatic rings. The third-order valence-electron chi connectivity index (χ3n) is 5.13. The molecule has 3 aliphatic heterocycles. The molecule has 0 amide bonds. The maximum Gasteiger partial charge on any atom is 0.217 e. The van der Waals surface area contributed by atoms with Crippen LogP contribution in [0.15, 0.2) is 24.3 Å². The number of ether oxygens (including phenoxy) is 1. The van der Waals surface area contributed by atoms with E-state index in [1.54, 1.807) is 6.92 Å². The molecule has 0 saturated carbocycles. The molecular weight excluding hydrogens is 290 g/mol. The maximum atomic E-state index is 12.0. The standard InChI is InChI=1S/C15H17NO4S/c1-9(17)10-2-4-11(5-3-10)12-7-15-8-16-21(18,19)14(15)6-13(12)20-15/h2-5,12-14,16H,6-8H2,1H3/t12-,13+,14-,15-/m0/s1. The molecule has 4 atom stereocenters. The Bertz CT molecular complexity index is 712. The van der Waals surface area contributed by atoms with Gasteiger partial charge in [-0.2, -0.15) is 0 Å². The van der Waals surface area contributed by atoms with E-state index in [0.717, 1.165) is 12.0 Å². The zero-order valence-corrected chi connectivity index (χ0v) is 12.5. The molecule has 3 heterocycles. The normalized spacial score (nSPS) is 39.4. The number of sulfonamides is 1. The SMILES string of the molecule is CC(=O)c1ccc([C@@H]2C[C@]34CNS(=O)(=O)[C@H]3C[C@H]2O4)cc1. The van der Waals surface area contributed by atoms with Crippen molar-refractivity contribution in [2.45, 2.75) is 42.6 Å². The minimum atomic E-state index is -3.21. The summed E-state index contributed by atoms with van der Waals surface area (Å²) in [6.45, 7) is 1.94. The Morgan fingerprint density at radius 1 is 1.33 bits per heavy atom. The maximum absolute atomic E-state index is 12.0. The molecule has 1 spiro atoms. The fourth-order valence-corrected chi connectivity index (χ4v) is 5.93. The quantitative estimate of drug-likeness (QED) is 0.834. The fraction of sp³-hybridized carbons (Fsp3) is 0.533. The number of fused-ring (bicyclic) bond motifs is 1. The molecule has 4 rings (SSSR count). The van der Waals surface area contributed by atoms with E-state index < -0.39 is 20.9 Å². The van der Waals surface area contributed by atoms with Crippen molar-refractivity contribution < 1.29 is 17.9 Å². The van der Waals surface area contributed by atoms with Gasteiger partial charge in [-0.3, -0.25) is 4.79 Å². The average Bonchev–Trinajstić information content (AvgIpc) is 3.08. The molecule has 6 heteroatoms. The van der Waals surface area contributed by atoms with Crippen molar-refractivity contribution in [3.63, 3.8) is 0 Å². The third-order valence-corrected chi connectivity index (χ3v) is 7.04. The van der Waals surface area contributed by atoms with E-state index in [1.165, 1.54) is 0 Å². The lowest BCUT2D eigenvalue weighted by atomic mass is 9.77. The van der Waals surface area contributed by atoms with E-state index in [-0.39, 0.29) is 17.8 Å². The summed E-state index contributed by atoms with van der Waals surface area (Å²) in [4.78, 5) is 11.3. The van der Waals surface area contributed by atoms with Crippen LogP contribution in [0.4, 0.5) is 0 Å². The Balaban J connectivity index is 1.62. The summed E-state index contributed by atoms with van der Waals surface area (Å²) < 4.78 is 32.6. The van der Waals surface area contributed by atoms with Gasteiger partial charge in [0.15, 0.2) is 5.78 Å². The summed E-state index contributed by atoms with van der Waals surface area (Å²) in [5, 5.41) is -0.400. The van der Waals surface area contributed by atoms with Crippen molar-refractivity contribution in [2.24, 2.45) is 0 Å². The van der Waals surface area contributed by atoms with E-state index in [1.807, 2.05) is 24.3 Å². The van der Waals surface area contributed by atoms with Crippen molar-refractivity contribution in [2.75, 3.05) is 6.54 Å². The number of benzene rings is 1. The summed E-state index contributed by atoms with van der Waals surface area (Å²) >= 11 is 0. The highest BCUT2D eigenvalue weighted by Gasteiger charge is 2.65. The molecule has 3 saturated heterocycles. The largest absolute Gasteiger partial charge is 0.368 e. The summed E-state index contributed by atoms with van der Waals surface area (Å²) in [7, 11) is -3.21. The first-order valence-electron chi connectivity index (χ1n) is 7.18. The lowest BCUT2D eigenvalue weighted by Gasteiger charge is -2.26. The number of hydrogen-bond acceptors (Lipinski definition) is 4. The first kappa shape index (κ1) is 13.4. The van der Waals surface area contributed by atoms with E-state index in [4.69, 9.17) is 4.74 Å². The molecule has 3 aliphatic rings. The molecule has 112 valence electrons. The van der Waals surface area contributed by atoms with E-state index in [0.29, 0.717) is 18.5 Å². The first-order chi connectivity index (χ1) is 9.91. The van der Waals surface area contributed by atoms with Crippen LogP contribution in [-0.2, 0) is 14.8 Å². The van der Waals surface area contributed by atoms with Gasteiger partial charge < -0.3 is 4.74 Å². The van der Waals surface area contributed by atoms with Gasteiger partial charge in [-0.05, 0) is 25.3 Å². The van der Waals surface area contributed by atoms with Crippen LogP contribution in [0.1, 0.15) is 41.6 Å². The number of carbonyl (C=O) groups is 1. The molecule has 1 aromatic carbocycles. The highest BCUT2D eigenvalue weighted by atomic mass is 32.2. The Morgan fingerprint density at radius 2 is 2.05 bits per heavy atom. The number of carbonyl (C=O) groups excluding carboxylic acids is 1. The van der Waals surface area contributed by atoms with Gasteiger partial charge in [-0.25, -0.2) is 13.1 Å². The Morgan fingerprint density at radius 3 is 2.71 bits per heavy atom. The second-order valence-electron chi connectivity index (χ2n) is 6.30. The summed E-state index contributed by atoms with van der Waals surface area (Å²) in [5.74, 6) is 0.271.